The number of benzene rings is 2. The summed E-state index contributed by atoms with van der Waals surface area (Å²) in [6.45, 7) is 4.31. The molecule has 2 amide bonds. The fourth-order valence-electron chi connectivity index (χ4n) is 4.56. The Morgan fingerprint density at radius 2 is 1.80 bits per heavy atom. The molecule has 0 bridgehead atoms. The van der Waals surface area contributed by atoms with Crippen molar-refractivity contribution in [3.8, 4) is 23.0 Å². The van der Waals surface area contributed by atoms with Crippen LogP contribution in [0.3, 0.4) is 0 Å². The average molecular weight is 609 g/mol. The standard InChI is InChI=1S/C32H34F2N4O6/c1-31(2,3)32(4,44-30(35)40)26-25(27(39)36-16-21-13-11-19-7-5-6-8-22(19)37-21)38-28(43-26)20-12-14-23(42-29(33)34)24(15-20)41-17-18-9-10-18/h5-8,11-15,18,29H,9-10,16-17H2,1-4H3,(H2,35,40)(H,36,39). The molecule has 12 heteroatoms. The van der Waals surface area contributed by atoms with Crippen molar-refractivity contribution in [1.29, 1.82) is 0 Å². The van der Waals surface area contributed by atoms with Crippen LogP contribution in [0.1, 0.15) is 62.5 Å². The number of nitrogens with two attached hydrogens (primary N) is 1. The summed E-state index contributed by atoms with van der Waals surface area (Å²) in [5, 5.41) is 3.78. The number of hydrogen-bond acceptors (Lipinski definition) is 8. The lowest BCUT2D eigenvalue weighted by Crippen LogP contribution is -2.44. The smallest absolute Gasteiger partial charge is 0.405 e. The Hall–Kier alpha value is -4.74. The molecule has 44 heavy (non-hydrogen) atoms. The predicted molar refractivity (Wildman–Crippen MR) is 157 cm³/mol. The van der Waals surface area contributed by atoms with E-state index in [0.717, 1.165) is 23.7 Å². The highest BCUT2D eigenvalue weighted by molar-refractivity contribution is 5.94. The van der Waals surface area contributed by atoms with Crippen molar-refractivity contribution >= 4 is 22.9 Å². The van der Waals surface area contributed by atoms with Gasteiger partial charge in [0.15, 0.2) is 28.6 Å². The highest BCUT2D eigenvalue weighted by atomic mass is 19.3. The molecule has 2 heterocycles. The van der Waals surface area contributed by atoms with Crippen LogP contribution in [0.25, 0.3) is 22.4 Å². The molecule has 0 saturated heterocycles. The largest absolute Gasteiger partial charge is 0.489 e. The van der Waals surface area contributed by atoms with E-state index in [-0.39, 0.29) is 35.4 Å². The maximum Gasteiger partial charge on any atom is 0.405 e. The number of carbonyl (C=O) groups is 2. The van der Waals surface area contributed by atoms with Crippen LogP contribution in [0, 0.1) is 11.3 Å². The number of hydrogen-bond donors (Lipinski definition) is 2. The number of ether oxygens (including phenoxy) is 3. The van der Waals surface area contributed by atoms with Crippen molar-refractivity contribution < 1.29 is 37.0 Å². The zero-order chi connectivity index (χ0) is 31.6. The zero-order valence-corrected chi connectivity index (χ0v) is 24.9. The Labute approximate surface area is 252 Å². The molecule has 1 atom stereocenters. The third kappa shape index (κ3) is 6.74. The average Bonchev–Trinajstić information content (AvgIpc) is 3.68. The summed E-state index contributed by atoms with van der Waals surface area (Å²) in [5.41, 5.74) is 4.66. The van der Waals surface area contributed by atoms with Crippen LogP contribution in [-0.2, 0) is 16.9 Å². The number of fused-ring (bicyclic) bond motifs is 1. The molecular weight excluding hydrogens is 574 g/mol. The first-order chi connectivity index (χ1) is 20.8. The molecule has 2 aromatic carbocycles. The zero-order valence-electron chi connectivity index (χ0n) is 24.9. The minimum atomic E-state index is -3.05. The second-order valence-corrected chi connectivity index (χ2v) is 11.9. The number of aromatic nitrogens is 2. The number of nitrogens with zero attached hydrogens (tertiary/aromatic N) is 2. The molecule has 3 N–H and O–H groups in total. The SMILES string of the molecule is CC(C)(C)C(C)(OC(N)=O)c1oc(-c2ccc(OC(F)F)c(OCC3CC3)c2)nc1C(=O)NCc1ccc2ccccc2n1. The van der Waals surface area contributed by atoms with Gasteiger partial charge in [0.05, 0.1) is 24.4 Å². The first-order valence-corrected chi connectivity index (χ1v) is 14.2. The normalized spacial score (nSPS) is 14.7. The second-order valence-electron chi connectivity index (χ2n) is 11.9. The van der Waals surface area contributed by atoms with Gasteiger partial charge in [-0.2, -0.15) is 8.78 Å². The molecule has 1 saturated carbocycles. The number of pyridine rings is 1. The van der Waals surface area contributed by atoms with Crippen molar-refractivity contribution in [3.63, 3.8) is 0 Å². The summed E-state index contributed by atoms with van der Waals surface area (Å²) in [7, 11) is 0. The van der Waals surface area contributed by atoms with Gasteiger partial charge >= 0.3 is 12.7 Å². The number of nitrogens with one attached hydrogen (secondary N) is 1. The Bertz CT molecular complexity index is 1680. The van der Waals surface area contributed by atoms with E-state index in [9.17, 15) is 18.4 Å². The monoisotopic (exact) mass is 608 g/mol. The topological polar surface area (TPSA) is 139 Å². The molecule has 0 radical (unpaired) electrons. The van der Waals surface area contributed by atoms with Crippen molar-refractivity contribution in [1.82, 2.24) is 15.3 Å². The van der Waals surface area contributed by atoms with Gasteiger partial charge in [0.25, 0.3) is 5.91 Å². The van der Waals surface area contributed by atoms with E-state index in [1.54, 1.807) is 33.8 Å². The lowest BCUT2D eigenvalue weighted by molar-refractivity contribution is -0.0707. The molecule has 2 aromatic heterocycles. The third-order valence-electron chi connectivity index (χ3n) is 7.68. The van der Waals surface area contributed by atoms with E-state index in [2.05, 4.69) is 20.0 Å². The number of carbonyl (C=O) groups excluding carboxylic acids is 2. The number of halogens is 2. The van der Waals surface area contributed by atoms with Gasteiger partial charge in [-0.15, -0.1) is 0 Å². The van der Waals surface area contributed by atoms with Crippen molar-refractivity contribution in [2.24, 2.45) is 17.1 Å². The number of rotatable bonds is 11. The minimum absolute atomic E-state index is 0.0302. The highest BCUT2D eigenvalue weighted by Crippen LogP contribution is 2.45. The molecule has 1 aliphatic rings. The van der Waals surface area contributed by atoms with Gasteiger partial charge in [-0.3, -0.25) is 9.78 Å². The summed E-state index contributed by atoms with van der Waals surface area (Å²) in [5.74, 6) is -0.412. The minimum Gasteiger partial charge on any atom is -0.489 e. The van der Waals surface area contributed by atoms with Gasteiger partial charge in [-0.25, -0.2) is 9.78 Å². The summed E-state index contributed by atoms with van der Waals surface area (Å²) in [4.78, 5) is 34.8. The van der Waals surface area contributed by atoms with Crippen molar-refractivity contribution in [2.45, 2.75) is 59.3 Å². The summed E-state index contributed by atoms with van der Waals surface area (Å²) in [6, 6.07) is 15.6. The molecule has 1 unspecified atom stereocenters. The van der Waals surface area contributed by atoms with Crippen LogP contribution >= 0.6 is 0 Å². The molecule has 10 nitrogen and oxygen atoms in total. The van der Waals surface area contributed by atoms with Gasteiger partial charge in [-0.05, 0) is 56.0 Å². The first-order valence-electron chi connectivity index (χ1n) is 14.2. The molecule has 1 aliphatic carbocycles. The Balaban J connectivity index is 1.53. The fourth-order valence-corrected chi connectivity index (χ4v) is 4.56. The lowest BCUT2D eigenvalue weighted by atomic mass is 9.75. The van der Waals surface area contributed by atoms with Gasteiger partial charge in [-0.1, -0.05) is 45.0 Å². The molecule has 232 valence electrons. The Morgan fingerprint density at radius 3 is 2.48 bits per heavy atom. The molecular formula is C32H34F2N4O6. The lowest BCUT2D eigenvalue weighted by Gasteiger charge is -2.38. The van der Waals surface area contributed by atoms with Gasteiger partial charge < -0.3 is 29.7 Å². The van der Waals surface area contributed by atoms with Crippen molar-refractivity contribution in [3.05, 3.63) is 71.7 Å². The van der Waals surface area contributed by atoms with Gasteiger partial charge in [0.1, 0.15) is 0 Å². The van der Waals surface area contributed by atoms with Gasteiger partial charge in [0.2, 0.25) is 5.89 Å². The molecule has 0 aliphatic heterocycles. The van der Waals surface area contributed by atoms with Crippen molar-refractivity contribution in [2.75, 3.05) is 6.61 Å². The number of primary amides is 1. The van der Waals surface area contributed by atoms with E-state index >= 15 is 0 Å². The number of amides is 2. The first kappa shape index (κ1) is 30.7. The van der Waals surface area contributed by atoms with E-state index in [0.29, 0.717) is 23.8 Å². The van der Waals surface area contributed by atoms with Crippen LogP contribution < -0.4 is 20.5 Å². The fraction of sp³-hybridized carbons (Fsp3) is 0.375. The number of para-hydroxylation sites is 1. The molecule has 5 rings (SSSR count). The van der Waals surface area contributed by atoms with E-state index in [1.807, 2.05) is 30.3 Å². The Morgan fingerprint density at radius 1 is 1.05 bits per heavy atom. The quantitative estimate of drug-likeness (QED) is 0.195. The summed E-state index contributed by atoms with van der Waals surface area (Å²) < 4.78 is 48.4. The van der Waals surface area contributed by atoms with E-state index < -0.39 is 29.6 Å². The number of oxazole rings is 1. The Kier molecular flexibility index (Phi) is 8.44. The number of alkyl halides is 2. The highest BCUT2D eigenvalue weighted by Gasteiger charge is 2.49. The van der Waals surface area contributed by atoms with Gasteiger partial charge in [0, 0.05) is 16.4 Å². The van der Waals surface area contributed by atoms with Crippen LogP contribution in [-0.4, -0.2) is 35.2 Å². The van der Waals surface area contributed by atoms with Crippen LogP contribution in [0.4, 0.5) is 13.6 Å². The molecule has 0 spiro atoms. The van der Waals surface area contributed by atoms with Crippen LogP contribution in [0.15, 0.2) is 59.0 Å². The van der Waals surface area contributed by atoms with Crippen LogP contribution in [0.5, 0.6) is 11.5 Å². The maximum atomic E-state index is 13.7. The van der Waals surface area contributed by atoms with Crippen LogP contribution in [0.2, 0.25) is 0 Å². The second kappa shape index (κ2) is 12.1. The summed E-state index contributed by atoms with van der Waals surface area (Å²) >= 11 is 0. The molecule has 4 aromatic rings. The van der Waals surface area contributed by atoms with E-state index in [1.165, 1.54) is 18.2 Å². The third-order valence-corrected chi connectivity index (χ3v) is 7.68. The van der Waals surface area contributed by atoms with E-state index in [4.69, 9.17) is 19.6 Å². The summed E-state index contributed by atoms with van der Waals surface area (Å²) in [6.07, 6.45) is 0.912. The maximum absolute atomic E-state index is 13.7. The molecule has 1 fully saturated rings. The predicted octanol–water partition coefficient (Wildman–Crippen LogP) is 6.57.